The number of hydrogen-bond acceptors (Lipinski definition) is 2. The first-order valence-corrected chi connectivity index (χ1v) is 5.63. The zero-order valence-corrected chi connectivity index (χ0v) is 9.26. The van der Waals surface area contributed by atoms with E-state index in [1.165, 1.54) is 0 Å². The Morgan fingerprint density at radius 1 is 1.25 bits per heavy atom. The van der Waals surface area contributed by atoms with Crippen LogP contribution in [0.25, 0.3) is 0 Å². The van der Waals surface area contributed by atoms with E-state index in [-0.39, 0.29) is 12.5 Å². The Morgan fingerprint density at radius 3 is 2.62 bits per heavy atom. The Balaban J connectivity index is 1.79. The molecule has 0 bridgehead atoms. The molecule has 0 radical (unpaired) electrons. The van der Waals surface area contributed by atoms with E-state index < -0.39 is 0 Å². The van der Waals surface area contributed by atoms with Gasteiger partial charge in [-0.3, -0.25) is 4.79 Å². The summed E-state index contributed by atoms with van der Waals surface area (Å²) in [6.07, 6.45) is 0. The summed E-state index contributed by atoms with van der Waals surface area (Å²) in [6, 6.07) is 9.44. The van der Waals surface area contributed by atoms with Crippen molar-refractivity contribution in [2.24, 2.45) is 0 Å². The first-order chi connectivity index (χ1) is 7.86. The van der Waals surface area contributed by atoms with Crippen LogP contribution in [0.2, 0.25) is 0 Å². The number of quaternary nitrogens is 1. The third-order valence-corrected chi connectivity index (χ3v) is 2.66. The van der Waals surface area contributed by atoms with Gasteiger partial charge in [0.05, 0.1) is 26.2 Å². The van der Waals surface area contributed by atoms with Gasteiger partial charge < -0.3 is 15.0 Å². The van der Waals surface area contributed by atoms with Gasteiger partial charge in [0.15, 0.2) is 6.61 Å². The highest BCUT2D eigenvalue weighted by Crippen LogP contribution is 2.08. The van der Waals surface area contributed by atoms with Gasteiger partial charge in [-0.1, -0.05) is 18.2 Å². The van der Waals surface area contributed by atoms with Crippen LogP contribution in [0.3, 0.4) is 0 Å². The van der Waals surface area contributed by atoms with Gasteiger partial charge in [0, 0.05) is 0 Å². The lowest BCUT2D eigenvalue weighted by molar-refractivity contribution is -0.662. The lowest BCUT2D eigenvalue weighted by Crippen LogP contribution is -2.90. The maximum atomic E-state index is 11.8. The molecular formula is C12H17N2O2+. The molecule has 1 saturated heterocycles. The quantitative estimate of drug-likeness (QED) is 0.746. The van der Waals surface area contributed by atoms with E-state index in [1.807, 2.05) is 35.2 Å². The molecular weight excluding hydrogens is 204 g/mol. The number of benzene rings is 1. The van der Waals surface area contributed by atoms with Crippen molar-refractivity contribution in [1.82, 2.24) is 4.90 Å². The maximum Gasteiger partial charge on any atom is 0.260 e. The number of para-hydroxylation sites is 1. The van der Waals surface area contributed by atoms with Gasteiger partial charge in [-0.05, 0) is 12.1 Å². The number of amides is 1. The lowest BCUT2D eigenvalue weighted by Gasteiger charge is -2.25. The maximum absolute atomic E-state index is 11.8. The van der Waals surface area contributed by atoms with Crippen LogP contribution in [0.15, 0.2) is 30.3 Å². The third kappa shape index (κ3) is 2.97. The second-order valence-electron chi connectivity index (χ2n) is 3.85. The van der Waals surface area contributed by atoms with E-state index in [9.17, 15) is 4.79 Å². The molecule has 4 nitrogen and oxygen atoms in total. The topological polar surface area (TPSA) is 46.1 Å². The fourth-order valence-corrected chi connectivity index (χ4v) is 1.75. The van der Waals surface area contributed by atoms with Crippen LogP contribution in [0.1, 0.15) is 0 Å². The second kappa shape index (κ2) is 5.51. The SMILES string of the molecule is O=C(COc1ccccc1)N1CC[NH2+]CC1. The van der Waals surface area contributed by atoms with Crippen LogP contribution in [0.5, 0.6) is 5.75 Å². The normalized spacial score (nSPS) is 15.9. The molecule has 1 heterocycles. The van der Waals surface area contributed by atoms with Crippen molar-refractivity contribution in [2.75, 3.05) is 32.8 Å². The largest absolute Gasteiger partial charge is 0.484 e. The van der Waals surface area contributed by atoms with E-state index in [1.54, 1.807) is 0 Å². The van der Waals surface area contributed by atoms with Gasteiger partial charge in [-0.15, -0.1) is 0 Å². The number of nitrogens with two attached hydrogens (primary N) is 1. The van der Waals surface area contributed by atoms with E-state index in [4.69, 9.17) is 4.74 Å². The van der Waals surface area contributed by atoms with Crippen LogP contribution in [-0.4, -0.2) is 43.6 Å². The predicted molar refractivity (Wildman–Crippen MR) is 60.2 cm³/mol. The van der Waals surface area contributed by atoms with Gasteiger partial charge in [0.2, 0.25) is 0 Å². The average molecular weight is 221 g/mol. The third-order valence-electron chi connectivity index (χ3n) is 2.66. The summed E-state index contributed by atoms with van der Waals surface area (Å²) in [4.78, 5) is 13.6. The zero-order chi connectivity index (χ0) is 11.2. The van der Waals surface area contributed by atoms with Crippen molar-refractivity contribution in [3.63, 3.8) is 0 Å². The molecule has 1 aromatic rings. The van der Waals surface area contributed by atoms with Crippen molar-refractivity contribution in [3.8, 4) is 5.75 Å². The smallest absolute Gasteiger partial charge is 0.260 e. The molecule has 0 atom stereocenters. The summed E-state index contributed by atoms with van der Waals surface area (Å²) in [6.45, 7) is 3.80. The van der Waals surface area contributed by atoms with E-state index in [2.05, 4.69) is 5.32 Å². The monoisotopic (exact) mass is 221 g/mol. The Kier molecular flexibility index (Phi) is 3.77. The minimum Gasteiger partial charge on any atom is -0.484 e. The highest BCUT2D eigenvalue weighted by molar-refractivity contribution is 5.77. The summed E-state index contributed by atoms with van der Waals surface area (Å²) >= 11 is 0. The van der Waals surface area contributed by atoms with Crippen LogP contribution >= 0.6 is 0 Å². The molecule has 2 N–H and O–H groups in total. The summed E-state index contributed by atoms with van der Waals surface area (Å²) in [5, 5.41) is 2.22. The Bertz CT molecular complexity index is 334. The molecule has 0 aliphatic carbocycles. The number of carbonyl (C=O) groups is 1. The van der Waals surface area contributed by atoms with Crippen LogP contribution in [-0.2, 0) is 4.79 Å². The van der Waals surface area contributed by atoms with E-state index in [0.717, 1.165) is 31.9 Å². The number of hydrogen-bond donors (Lipinski definition) is 1. The zero-order valence-electron chi connectivity index (χ0n) is 9.26. The fraction of sp³-hybridized carbons (Fsp3) is 0.417. The van der Waals surface area contributed by atoms with Crippen molar-refractivity contribution >= 4 is 5.91 Å². The second-order valence-corrected chi connectivity index (χ2v) is 3.85. The van der Waals surface area contributed by atoms with Crippen LogP contribution in [0.4, 0.5) is 0 Å². The summed E-state index contributed by atoms with van der Waals surface area (Å²) in [5.74, 6) is 0.830. The molecule has 1 aliphatic rings. The Morgan fingerprint density at radius 2 is 1.94 bits per heavy atom. The molecule has 2 rings (SSSR count). The number of ether oxygens (including phenoxy) is 1. The molecule has 0 spiro atoms. The fourth-order valence-electron chi connectivity index (χ4n) is 1.75. The van der Waals surface area contributed by atoms with Gasteiger partial charge >= 0.3 is 0 Å². The van der Waals surface area contributed by atoms with Gasteiger partial charge in [0.1, 0.15) is 5.75 Å². The minimum atomic E-state index is 0.0805. The molecule has 0 unspecified atom stereocenters. The van der Waals surface area contributed by atoms with E-state index >= 15 is 0 Å². The summed E-state index contributed by atoms with van der Waals surface area (Å²) < 4.78 is 5.42. The highest BCUT2D eigenvalue weighted by Gasteiger charge is 2.18. The van der Waals surface area contributed by atoms with Gasteiger partial charge in [0.25, 0.3) is 5.91 Å². The first kappa shape index (κ1) is 11.0. The van der Waals surface area contributed by atoms with Crippen LogP contribution in [0, 0.1) is 0 Å². The average Bonchev–Trinajstić information content (AvgIpc) is 2.38. The molecule has 4 heteroatoms. The van der Waals surface area contributed by atoms with Crippen molar-refractivity contribution in [2.45, 2.75) is 0 Å². The number of nitrogens with zero attached hydrogens (tertiary/aromatic N) is 1. The van der Waals surface area contributed by atoms with Crippen LogP contribution < -0.4 is 10.1 Å². The molecule has 86 valence electrons. The molecule has 1 aromatic carbocycles. The molecule has 1 fully saturated rings. The molecule has 1 amide bonds. The van der Waals surface area contributed by atoms with Gasteiger partial charge in [-0.25, -0.2) is 0 Å². The van der Waals surface area contributed by atoms with Crippen molar-refractivity contribution < 1.29 is 14.8 Å². The highest BCUT2D eigenvalue weighted by atomic mass is 16.5. The van der Waals surface area contributed by atoms with Crippen molar-refractivity contribution in [1.29, 1.82) is 0 Å². The molecule has 0 saturated carbocycles. The number of rotatable bonds is 3. The standard InChI is InChI=1S/C12H16N2O2/c15-12(14-8-6-13-7-9-14)10-16-11-4-2-1-3-5-11/h1-5,13H,6-10H2/p+1. The first-order valence-electron chi connectivity index (χ1n) is 5.63. The van der Waals surface area contributed by atoms with E-state index in [0.29, 0.717) is 0 Å². The lowest BCUT2D eigenvalue weighted by atomic mass is 10.3. The summed E-state index contributed by atoms with van der Waals surface area (Å²) in [7, 11) is 0. The predicted octanol–water partition coefficient (Wildman–Crippen LogP) is -0.529. The molecule has 1 aliphatic heterocycles. The molecule has 16 heavy (non-hydrogen) atoms. The Labute approximate surface area is 95.2 Å². The van der Waals surface area contributed by atoms with Crippen molar-refractivity contribution in [3.05, 3.63) is 30.3 Å². The minimum absolute atomic E-state index is 0.0805. The summed E-state index contributed by atoms with van der Waals surface area (Å²) in [5.41, 5.74) is 0. The number of piperazine rings is 1. The Hall–Kier alpha value is -1.55. The molecule has 0 aromatic heterocycles. The van der Waals surface area contributed by atoms with Gasteiger partial charge in [-0.2, -0.15) is 0 Å². The number of carbonyl (C=O) groups excluding carboxylic acids is 1.